The Hall–Kier alpha value is -1.29. The Bertz CT molecular complexity index is 487. The van der Waals surface area contributed by atoms with Crippen LogP contribution in [0, 0.1) is 0 Å². The van der Waals surface area contributed by atoms with Crippen LogP contribution in [0.25, 0.3) is 0 Å². The minimum absolute atomic E-state index is 0.215. The van der Waals surface area contributed by atoms with Gasteiger partial charge in [-0.2, -0.15) is 0 Å². The molecule has 1 aromatic rings. The largest absolute Gasteiger partial charge is 0.491 e. The highest BCUT2D eigenvalue weighted by Crippen LogP contribution is 2.48. The molecule has 4 heteroatoms. The van der Waals surface area contributed by atoms with Gasteiger partial charge in [0.1, 0.15) is 0 Å². The quantitative estimate of drug-likeness (QED) is 0.850. The Morgan fingerprint density at radius 1 is 1.20 bits per heavy atom. The first-order valence-electron chi connectivity index (χ1n) is 7.51. The van der Waals surface area contributed by atoms with Gasteiger partial charge in [0.2, 0.25) is 0 Å². The van der Waals surface area contributed by atoms with Crippen LogP contribution < -0.4 is 9.47 Å². The molecule has 110 valence electrons. The maximum absolute atomic E-state index is 5.39. The van der Waals surface area contributed by atoms with E-state index in [1.165, 1.54) is 44.3 Å². The minimum Gasteiger partial charge on any atom is -0.491 e. The van der Waals surface area contributed by atoms with Crippen LogP contribution in [0.4, 0.5) is 0 Å². The monoisotopic (exact) mass is 276 g/mol. The number of nitrogens with zero attached hydrogens (tertiary/aromatic N) is 2. The van der Waals surface area contributed by atoms with Gasteiger partial charge in [0.15, 0.2) is 5.75 Å². The van der Waals surface area contributed by atoms with E-state index in [9.17, 15) is 0 Å². The van der Waals surface area contributed by atoms with Crippen LogP contribution in [-0.4, -0.2) is 43.7 Å². The zero-order valence-electron chi connectivity index (χ0n) is 12.7. The van der Waals surface area contributed by atoms with Gasteiger partial charge in [0.25, 0.3) is 5.88 Å². The molecule has 0 radical (unpaired) electrons. The average molecular weight is 276 g/mol. The Labute approximate surface area is 121 Å². The van der Waals surface area contributed by atoms with Gasteiger partial charge < -0.3 is 14.4 Å². The number of pyridine rings is 1. The fourth-order valence-corrected chi connectivity index (χ4v) is 4.12. The van der Waals surface area contributed by atoms with Gasteiger partial charge in [-0.25, -0.2) is 4.98 Å². The van der Waals surface area contributed by atoms with Gasteiger partial charge >= 0.3 is 0 Å². The molecule has 1 aromatic heterocycles. The molecule has 0 bridgehead atoms. The molecule has 2 atom stereocenters. The summed E-state index contributed by atoms with van der Waals surface area (Å²) in [6, 6.07) is 4.76. The molecule has 1 aliphatic heterocycles. The number of rotatable bonds is 3. The van der Waals surface area contributed by atoms with Crippen molar-refractivity contribution in [1.29, 1.82) is 0 Å². The van der Waals surface area contributed by atoms with E-state index in [4.69, 9.17) is 14.5 Å². The first-order chi connectivity index (χ1) is 9.71. The van der Waals surface area contributed by atoms with Crippen molar-refractivity contribution >= 4 is 0 Å². The summed E-state index contributed by atoms with van der Waals surface area (Å²) in [5, 5.41) is 0. The summed E-state index contributed by atoms with van der Waals surface area (Å²) < 4.78 is 10.7. The maximum Gasteiger partial charge on any atom is 0.256 e. The highest BCUT2D eigenvalue weighted by molar-refractivity contribution is 5.38. The van der Waals surface area contributed by atoms with E-state index >= 15 is 0 Å². The molecule has 4 nitrogen and oxygen atoms in total. The van der Waals surface area contributed by atoms with E-state index in [1.807, 2.05) is 6.07 Å². The second-order valence-corrected chi connectivity index (χ2v) is 6.06. The number of methoxy groups -OCH3 is 2. The van der Waals surface area contributed by atoms with Gasteiger partial charge in [-0.3, -0.25) is 0 Å². The summed E-state index contributed by atoms with van der Waals surface area (Å²) in [6.07, 6.45) is 6.37. The molecular formula is C16H24N2O2. The normalized spacial score (nSPS) is 30.1. The van der Waals surface area contributed by atoms with E-state index < -0.39 is 0 Å². The maximum atomic E-state index is 5.39. The number of ether oxygens (including phenoxy) is 2. The molecule has 20 heavy (non-hydrogen) atoms. The first kappa shape index (κ1) is 13.7. The van der Waals surface area contributed by atoms with Crippen molar-refractivity contribution in [1.82, 2.24) is 9.88 Å². The van der Waals surface area contributed by atoms with Crippen molar-refractivity contribution in [3.8, 4) is 11.6 Å². The lowest BCUT2D eigenvalue weighted by Crippen LogP contribution is -2.44. The Morgan fingerprint density at radius 3 is 2.80 bits per heavy atom. The Morgan fingerprint density at radius 2 is 2.05 bits per heavy atom. The van der Waals surface area contributed by atoms with E-state index in [-0.39, 0.29) is 5.41 Å². The van der Waals surface area contributed by atoms with Crippen LogP contribution in [0.1, 0.15) is 37.8 Å². The molecule has 1 saturated carbocycles. The molecule has 2 heterocycles. The molecular weight excluding hydrogens is 252 g/mol. The SMILES string of the molecule is COc1ccc(C23CCCCC2N(C)CC3)nc1OC. The molecule has 0 amide bonds. The second kappa shape index (κ2) is 5.24. The fraction of sp³-hybridized carbons (Fsp3) is 0.688. The minimum atomic E-state index is 0.215. The van der Waals surface area contributed by atoms with Crippen LogP contribution in [0.2, 0.25) is 0 Å². The number of aromatic nitrogens is 1. The number of fused-ring (bicyclic) bond motifs is 1. The molecule has 0 spiro atoms. The zero-order chi connectivity index (χ0) is 14.2. The summed E-state index contributed by atoms with van der Waals surface area (Å²) in [5.74, 6) is 1.32. The molecule has 3 rings (SSSR count). The second-order valence-electron chi connectivity index (χ2n) is 6.06. The Balaban J connectivity index is 2.02. The van der Waals surface area contributed by atoms with E-state index in [2.05, 4.69) is 18.0 Å². The molecule has 1 saturated heterocycles. The third kappa shape index (κ3) is 1.97. The molecule has 0 N–H and O–H groups in total. The molecule has 2 unspecified atom stereocenters. The summed E-state index contributed by atoms with van der Waals surface area (Å²) in [7, 11) is 5.56. The van der Waals surface area contributed by atoms with Crippen molar-refractivity contribution in [3.63, 3.8) is 0 Å². The lowest BCUT2D eigenvalue weighted by molar-refractivity contribution is 0.177. The third-order valence-electron chi connectivity index (χ3n) is 5.18. The lowest BCUT2D eigenvalue weighted by atomic mass is 9.68. The zero-order valence-corrected chi connectivity index (χ0v) is 12.7. The molecule has 2 aliphatic rings. The number of hydrogen-bond acceptors (Lipinski definition) is 4. The smallest absolute Gasteiger partial charge is 0.256 e. The predicted octanol–water partition coefficient (Wildman–Crippen LogP) is 2.61. The number of likely N-dealkylation sites (tertiary alicyclic amines) is 1. The topological polar surface area (TPSA) is 34.6 Å². The third-order valence-corrected chi connectivity index (χ3v) is 5.18. The average Bonchev–Trinajstić information content (AvgIpc) is 2.85. The van der Waals surface area contributed by atoms with Crippen molar-refractivity contribution in [2.75, 3.05) is 27.8 Å². The number of hydrogen-bond donors (Lipinski definition) is 0. The van der Waals surface area contributed by atoms with Crippen LogP contribution in [-0.2, 0) is 5.41 Å². The van der Waals surface area contributed by atoms with Crippen molar-refractivity contribution in [2.45, 2.75) is 43.6 Å². The van der Waals surface area contributed by atoms with Crippen LogP contribution in [0.15, 0.2) is 12.1 Å². The summed E-state index contributed by atoms with van der Waals surface area (Å²) >= 11 is 0. The van der Waals surface area contributed by atoms with Gasteiger partial charge in [-0.05, 0) is 45.0 Å². The van der Waals surface area contributed by atoms with Gasteiger partial charge in [-0.15, -0.1) is 0 Å². The van der Waals surface area contributed by atoms with Gasteiger partial charge in [-0.1, -0.05) is 12.8 Å². The fourth-order valence-electron chi connectivity index (χ4n) is 4.12. The highest BCUT2D eigenvalue weighted by Gasteiger charge is 2.49. The summed E-state index contributed by atoms with van der Waals surface area (Å²) in [4.78, 5) is 7.29. The molecule has 0 aromatic carbocycles. The molecule has 1 aliphatic carbocycles. The van der Waals surface area contributed by atoms with E-state index in [0.717, 1.165) is 0 Å². The summed E-state index contributed by atoms with van der Waals surface area (Å²) in [5.41, 5.74) is 1.40. The van der Waals surface area contributed by atoms with E-state index in [0.29, 0.717) is 17.7 Å². The first-order valence-corrected chi connectivity index (χ1v) is 7.51. The summed E-state index contributed by atoms with van der Waals surface area (Å²) in [6.45, 7) is 1.17. The predicted molar refractivity (Wildman–Crippen MR) is 78.5 cm³/mol. The van der Waals surface area contributed by atoms with Crippen LogP contribution in [0.3, 0.4) is 0 Å². The van der Waals surface area contributed by atoms with Crippen LogP contribution >= 0.6 is 0 Å². The van der Waals surface area contributed by atoms with Gasteiger partial charge in [0.05, 0.1) is 19.9 Å². The molecule has 2 fully saturated rings. The van der Waals surface area contributed by atoms with E-state index in [1.54, 1.807) is 14.2 Å². The van der Waals surface area contributed by atoms with Crippen molar-refractivity contribution < 1.29 is 9.47 Å². The van der Waals surface area contributed by atoms with Gasteiger partial charge in [0, 0.05) is 11.5 Å². The highest BCUT2D eigenvalue weighted by atomic mass is 16.5. The standard InChI is InChI=1S/C16H24N2O2/c1-18-11-10-16(9-5-4-6-14(16)18)13-8-7-12(19-2)15(17-13)20-3/h7-8,14H,4-6,9-11H2,1-3H3. The Kier molecular flexibility index (Phi) is 3.59. The van der Waals surface area contributed by atoms with Crippen LogP contribution in [0.5, 0.6) is 11.6 Å². The lowest BCUT2D eigenvalue weighted by Gasteiger charge is -2.40. The number of likely N-dealkylation sites (N-methyl/N-ethyl adjacent to an activating group) is 1. The van der Waals surface area contributed by atoms with Crippen molar-refractivity contribution in [2.24, 2.45) is 0 Å². The van der Waals surface area contributed by atoms with Crippen molar-refractivity contribution in [3.05, 3.63) is 17.8 Å².